The van der Waals surface area contributed by atoms with Crippen molar-refractivity contribution in [3.8, 4) is 0 Å². The zero-order chi connectivity index (χ0) is 14.1. The Kier molecular flexibility index (Phi) is 4.15. The van der Waals surface area contributed by atoms with Gasteiger partial charge in [0.25, 0.3) is 0 Å². The molecule has 0 aromatic carbocycles. The number of aliphatic hydroxyl groups is 2. The second-order valence-corrected chi connectivity index (χ2v) is 3.79. The first-order chi connectivity index (χ1) is 8.14. The van der Waals surface area contributed by atoms with Gasteiger partial charge in [0.2, 0.25) is 5.91 Å². The number of pyridine rings is 1. The van der Waals surface area contributed by atoms with Gasteiger partial charge in [0, 0.05) is 6.20 Å². The molecule has 4 N–H and O–H groups in total. The zero-order valence-corrected chi connectivity index (χ0v) is 9.40. The molecule has 100 valence electrons. The van der Waals surface area contributed by atoms with Gasteiger partial charge in [-0.15, -0.1) is 0 Å². The van der Waals surface area contributed by atoms with Crippen LogP contribution in [-0.2, 0) is 11.0 Å². The van der Waals surface area contributed by atoms with E-state index in [1.807, 2.05) is 0 Å². The number of alkyl halides is 3. The van der Waals surface area contributed by atoms with E-state index in [0.29, 0.717) is 12.3 Å². The highest BCUT2D eigenvalue weighted by Gasteiger charge is 2.33. The second kappa shape index (κ2) is 5.09. The van der Waals surface area contributed by atoms with Crippen molar-refractivity contribution < 1.29 is 28.2 Å². The molecule has 0 radical (unpaired) electrons. The molecule has 1 heterocycles. The molecule has 9 heteroatoms. The van der Waals surface area contributed by atoms with Crippen molar-refractivity contribution in [2.24, 2.45) is 5.73 Å². The lowest BCUT2D eigenvalue weighted by molar-refractivity contribution is -0.138. The number of hydrogen-bond acceptors (Lipinski definition) is 4. The number of nitrogens with zero attached hydrogens (tertiary/aromatic N) is 1. The van der Waals surface area contributed by atoms with E-state index in [1.54, 1.807) is 0 Å². The maximum atomic E-state index is 12.3. The molecule has 5 nitrogen and oxygen atoms in total. The molecule has 0 spiro atoms. The number of aromatic nitrogens is 1. The van der Waals surface area contributed by atoms with E-state index in [9.17, 15) is 23.1 Å². The molecule has 0 aliphatic heterocycles. The summed E-state index contributed by atoms with van der Waals surface area (Å²) in [6.45, 7) is 0. The third-order valence-electron chi connectivity index (χ3n) is 2.07. The van der Waals surface area contributed by atoms with Gasteiger partial charge in [0.15, 0.2) is 6.10 Å². The highest BCUT2D eigenvalue weighted by molar-refractivity contribution is 6.31. The Morgan fingerprint density at radius 2 is 2.00 bits per heavy atom. The van der Waals surface area contributed by atoms with Gasteiger partial charge in [0.1, 0.15) is 6.10 Å². The molecular formula is C9H8ClF3N2O3. The predicted octanol–water partition coefficient (Wildman–Crippen LogP) is 0.633. The Morgan fingerprint density at radius 1 is 1.44 bits per heavy atom. The summed E-state index contributed by atoms with van der Waals surface area (Å²) in [5.74, 6) is -1.25. The summed E-state index contributed by atoms with van der Waals surface area (Å²) in [6.07, 6.45) is -8.11. The van der Waals surface area contributed by atoms with Crippen LogP contribution in [0.1, 0.15) is 17.4 Å². The Morgan fingerprint density at radius 3 is 2.39 bits per heavy atom. The molecule has 1 rings (SSSR count). The first-order valence-corrected chi connectivity index (χ1v) is 4.90. The lowest BCUT2D eigenvalue weighted by Gasteiger charge is -2.16. The van der Waals surface area contributed by atoms with Crippen molar-refractivity contribution in [3.63, 3.8) is 0 Å². The van der Waals surface area contributed by atoms with Crippen LogP contribution in [-0.4, -0.2) is 27.2 Å². The van der Waals surface area contributed by atoms with E-state index in [2.05, 4.69) is 4.98 Å². The summed E-state index contributed by atoms with van der Waals surface area (Å²) in [6, 6.07) is 0.529. The topological polar surface area (TPSA) is 96.4 Å². The first kappa shape index (κ1) is 14.7. The summed E-state index contributed by atoms with van der Waals surface area (Å²) in [7, 11) is 0. The first-order valence-electron chi connectivity index (χ1n) is 4.52. The number of hydrogen-bond donors (Lipinski definition) is 3. The number of halogens is 4. The fourth-order valence-electron chi connectivity index (χ4n) is 1.13. The number of amides is 1. The van der Waals surface area contributed by atoms with Gasteiger partial charge in [-0.1, -0.05) is 11.6 Å². The van der Waals surface area contributed by atoms with E-state index in [0.717, 1.165) is 0 Å². The van der Waals surface area contributed by atoms with Gasteiger partial charge in [-0.3, -0.25) is 9.78 Å². The van der Waals surface area contributed by atoms with Crippen LogP contribution in [0, 0.1) is 0 Å². The third-order valence-corrected chi connectivity index (χ3v) is 2.37. The van der Waals surface area contributed by atoms with Gasteiger partial charge in [-0.2, -0.15) is 13.2 Å². The summed E-state index contributed by atoms with van der Waals surface area (Å²) >= 11 is 5.49. The average Bonchev–Trinajstić information content (AvgIpc) is 2.25. The maximum absolute atomic E-state index is 12.3. The highest BCUT2D eigenvalue weighted by atomic mass is 35.5. The van der Waals surface area contributed by atoms with Crippen LogP contribution in [0.2, 0.25) is 5.02 Å². The number of primary amides is 1. The van der Waals surface area contributed by atoms with Crippen molar-refractivity contribution in [2.75, 3.05) is 0 Å². The molecule has 0 saturated heterocycles. The Labute approximate surface area is 104 Å². The zero-order valence-electron chi connectivity index (χ0n) is 8.65. The lowest BCUT2D eigenvalue weighted by atomic mass is 10.1. The molecule has 18 heavy (non-hydrogen) atoms. The van der Waals surface area contributed by atoms with Crippen LogP contribution in [0.5, 0.6) is 0 Å². The fraction of sp³-hybridized carbons (Fsp3) is 0.333. The molecule has 1 aromatic rings. The fourth-order valence-corrected chi connectivity index (χ4v) is 1.40. The van der Waals surface area contributed by atoms with Gasteiger partial charge in [-0.05, 0) is 6.07 Å². The van der Waals surface area contributed by atoms with Crippen molar-refractivity contribution in [2.45, 2.75) is 18.4 Å². The molecule has 1 amide bonds. The Balaban J connectivity index is 3.10. The smallest absolute Gasteiger partial charge is 0.383 e. The number of carbonyl (C=O) groups is 1. The van der Waals surface area contributed by atoms with Crippen LogP contribution in [0.25, 0.3) is 0 Å². The molecule has 0 aliphatic rings. The van der Waals surface area contributed by atoms with E-state index in [-0.39, 0.29) is 0 Å². The standard InChI is InChI=1S/C9H8ClF3N2O3/c10-4-1-3(9(11,12)13)2-15-5(4)6(16)7(17)8(14)18/h1-2,6-7,16-17H,(H2,14,18). The normalized spacial score (nSPS) is 15.2. The minimum absolute atomic E-state index is 0.429. The monoisotopic (exact) mass is 284 g/mol. The minimum Gasteiger partial charge on any atom is -0.383 e. The van der Waals surface area contributed by atoms with Crippen molar-refractivity contribution in [1.29, 1.82) is 0 Å². The van der Waals surface area contributed by atoms with Gasteiger partial charge in [0.05, 0.1) is 16.3 Å². The highest BCUT2D eigenvalue weighted by Crippen LogP contribution is 2.32. The lowest BCUT2D eigenvalue weighted by Crippen LogP contribution is -2.34. The summed E-state index contributed by atoms with van der Waals surface area (Å²) in [5.41, 5.74) is 3.15. The van der Waals surface area contributed by atoms with Crippen LogP contribution in [0.3, 0.4) is 0 Å². The number of rotatable bonds is 3. The largest absolute Gasteiger partial charge is 0.417 e. The van der Waals surface area contributed by atoms with Gasteiger partial charge in [-0.25, -0.2) is 0 Å². The molecule has 0 aliphatic carbocycles. The van der Waals surface area contributed by atoms with Crippen molar-refractivity contribution in [3.05, 3.63) is 28.5 Å². The van der Waals surface area contributed by atoms with E-state index < -0.39 is 40.6 Å². The van der Waals surface area contributed by atoms with Crippen LogP contribution >= 0.6 is 11.6 Å². The summed E-state index contributed by atoms with van der Waals surface area (Å²) in [4.78, 5) is 13.9. The molecule has 0 fully saturated rings. The minimum atomic E-state index is -4.64. The van der Waals surface area contributed by atoms with Gasteiger partial charge < -0.3 is 15.9 Å². The van der Waals surface area contributed by atoms with Crippen molar-refractivity contribution in [1.82, 2.24) is 4.98 Å². The van der Waals surface area contributed by atoms with Crippen LogP contribution in [0.4, 0.5) is 13.2 Å². The van der Waals surface area contributed by atoms with Gasteiger partial charge >= 0.3 is 6.18 Å². The molecule has 1 aromatic heterocycles. The molecule has 2 atom stereocenters. The summed E-state index contributed by atoms with van der Waals surface area (Å²) in [5, 5.41) is 18.1. The molecule has 0 saturated carbocycles. The SMILES string of the molecule is NC(=O)C(O)C(O)c1ncc(C(F)(F)F)cc1Cl. The third kappa shape index (κ3) is 3.09. The Hall–Kier alpha value is -1.38. The average molecular weight is 285 g/mol. The van der Waals surface area contributed by atoms with Crippen LogP contribution < -0.4 is 5.73 Å². The maximum Gasteiger partial charge on any atom is 0.417 e. The van der Waals surface area contributed by atoms with E-state index in [4.69, 9.17) is 22.4 Å². The van der Waals surface area contributed by atoms with E-state index >= 15 is 0 Å². The van der Waals surface area contributed by atoms with E-state index in [1.165, 1.54) is 0 Å². The quantitative estimate of drug-likeness (QED) is 0.758. The summed E-state index contributed by atoms with van der Waals surface area (Å²) < 4.78 is 36.9. The number of carbonyl (C=O) groups excluding carboxylic acids is 1. The second-order valence-electron chi connectivity index (χ2n) is 3.38. The van der Waals surface area contributed by atoms with Crippen molar-refractivity contribution >= 4 is 17.5 Å². The molecular weight excluding hydrogens is 277 g/mol. The predicted molar refractivity (Wildman–Crippen MR) is 54.4 cm³/mol. The Bertz CT molecular complexity index is 467. The number of nitrogens with two attached hydrogens (primary N) is 1. The van der Waals surface area contributed by atoms with Crippen LogP contribution in [0.15, 0.2) is 12.3 Å². The number of aliphatic hydroxyl groups excluding tert-OH is 2. The molecule has 0 bridgehead atoms. The molecule has 2 unspecified atom stereocenters.